The molecule has 8 heteroatoms. The SMILES string of the molecule is COc1ccc(C2c3[nH]c4ccc(OC)cc4c3CCN2C(=O)Nc2cc(Cl)ccc2OC)cc1. The van der Waals surface area contributed by atoms with E-state index in [1.165, 1.54) is 5.56 Å². The Morgan fingerprint density at radius 1 is 0.971 bits per heavy atom. The number of hydrogen-bond acceptors (Lipinski definition) is 4. The number of aromatic amines is 1. The summed E-state index contributed by atoms with van der Waals surface area (Å²) in [5.41, 5.74) is 4.67. The van der Waals surface area contributed by atoms with E-state index in [2.05, 4.69) is 10.3 Å². The number of nitrogens with zero attached hydrogens (tertiary/aromatic N) is 1. The monoisotopic (exact) mass is 491 g/mol. The third-order valence-electron chi connectivity index (χ3n) is 6.43. The lowest BCUT2D eigenvalue weighted by molar-refractivity contribution is 0.193. The van der Waals surface area contributed by atoms with Gasteiger partial charge in [0.2, 0.25) is 0 Å². The molecule has 0 bridgehead atoms. The van der Waals surface area contributed by atoms with E-state index in [4.69, 9.17) is 25.8 Å². The lowest BCUT2D eigenvalue weighted by atomic mass is 9.92. The van der Waals surface area contributed by atoms with Crippen LogP contribution in [0.5, 0.6) is 17.2 Å². The predicted molar refractivity (Wildman–Crippen MR) is 137 cm³/mol. The largest absolute Gasteiger partial charge is 0.497 e. The fourth-order valence-electron chi connectivity index (χ4n) is 4.71. The van der Waals surface area contributed by atoms with Crippen LogP contribution in [-0.2, 0) is 6.42 Å². The molecule has 1 aromatic heterocycles. The summed E-state index contributed by atoms with van der Waals surface area (Å²) in [5, 5.41) is 4.61. The van der Waals surface area contributed by atoms with Crippen molar-refractivity contribution >= 4 is 34.2 Å². The Balaban J connectivity index is 1.58. The summed E-state index contributed by atoms with van der Waals surface area (Å²) in [7, 11) is 4.86. The summed E-state index contributed by atoms with van der Waals surface area (Å²) in [4.78, 5) is 19.0. The maximum Gasteiger partial charge on any atom is 0.322 e. The van der Waals surface area contributed by atoms with Crippen LogP contribution >= 0.6 is 11.6 Å². The number of nitrogens with one attached hydrogen (secondary N) is 2. The molecule has 0 saturated carbocycles. The second kappa shape index (κ2) is 9.43. The number of aromatic nitrogens is 1. The summed E-state index contributed by atoms with van der Waals surface area (Å²) in [6, 6.07) is 18.4. The van der Waals surface area contributed by atoms with Crippen LogP contribution < -0.4 is 19.5 Å². The average Bonchev–Trinajstić information content (AvgIpc) is 3.26. The zero-order valence-electron chi connectivity index (χ0n) is 19.7. The minimum Gasteiger partial charge on any atom is -0.497 e. The number of anilines is 1. The number of benzene rings is 3. The minimum atomic E-state index is -0.326. The van der Waals surface area contributed by atoms with Crippen LogP contribution in [0.3, 0.4) is 0 Å². The molecule has 1 atom stereocenters. The highest BCUT2D eigenvalue weighted by molar-refractivity contribution is 6.31. The highest BCUT2D eigenvalue weighted by Gasteiger charge is 2.35. The number of methoxy groups -OCH3 is 3. The molecule has 4 aromatic rings. The van der Waals surface area contributed by atoms with Gasteiger partial charge in [0.05, 0.1) is 33.1 Å². The number of hydrogen-bond donors (Lipinski definition) is 2. The zero-order chi connectivity index (χ0) is 24.5. The summed E-state index contributed by atoms with van der Waals surface area (Å²) < 4.78 is 16.2. The number of halogens is 1. The van der Waals surface area contributed by atoms with Gasteiger partial charge in [0.25, 0.3) is 0 Å². The van der Waals surface area contributed by atoms with Crippen LogP contribution in [0.25, 0.3) is 10.9 Å². The lowest BCUT2D eigenvalue weighted by Gasteiger charge is -2.36. The van der Waals surface area contributed by atoms with E-state index in [1.807, 2.05) is 47.4 Å². The van der Waals surface area contributed by atoms with Gasteiger partial charge in [-0.2, -0.15) is 0 Å². The van der Waals surface area contributed by atoms with Gasteiger partial charge in [0.15, 0.2) is 0 Å². The molecule has 5 rings (SSSR count). The molecule has 2 heterocycles. The Hall–Kier alpha value is -3.84. The van der Waals surface area contributed by atoms with Gasteiger partial charge in [-0.25, -0.2) is 4.79 Å². The van der Waals surface area contributed by atoms with Gasteiger partial charge in [-0.3, -0.25) is 0 Å². The third kappa shape index (κ3) is 4.23. The fourth-order valence-corrected chi connectivity index (χ4v) is 4.88. The molecule has 35 heavy (non-hydrogen) atoms. The molecule has 3 aromatic carbocycles. The molecule has 0 aliphatic carbocycles. The van der Waals surface area contributed by atoms with Crippen molar-refractivity contribution in [3.8, 4) is 17.2 Å². The number of amides is 2. The molecule has 0 saturated heterocycles. The zero-order valence-corrected chi connectivity index (χ0v) is 20.5. The molecular formula is C27H26ClN3O4. The number of urea groups is 1. The first-order valence-electron chi connectivity index (χ1n) is 11.3. The van der Waals surface area contributed by atoms with Crippen molar-refractivity contribution in [2.24, 2.45) is 0 Å². The minimum absolute atomic E-state index is 0.242. The summed E-state index contributed by atoms with van der Waals surface area (Å²) in [6.07, 6.45) is 0.704. The van der Waals surface area contributed by atoms with E-state index in [0.717, 1.165) is 33.7 Å². The highest BCUT2D eigenvalue weighted by atomic mass is 35.5. The van der Waals surface area contributed by atoms with Crippen LogP contribution in [0.4, 0.5) is 10.5 Å². The number of carbonyl (C=O) groups is 1. The molecule has 7 nitrogen and oxygen atoms in total. The third-order valence-corrected chi connectivity index (χ3v) is 6.66. The highest BCUT2D eigenvalue weighted by Crippen LogP contribution is 2.40. The van der Waals surface area contributed by atoms with Gasteiger partial charge in [-0.05, 0) is 66.1 Å². The molecule has 2 N–H and O–H groups in total. The second-order valence-electron chi connectivity index (χ2n) is 8.32. The molecule has 1 aliphatic rings. The topological polar surface area (TPSA) is 75.8 Å². The summed E-state index contributed by atoms with van der Waals surface area (Å²) in [6.45, 7) is 0.530. The normalized spacial score (nSPS) is 15.0. The van der Waals surface area contributed by atoms with E-state index < -0.39 is 0 Å². The molecule has 0 spiro atoms. The Bertz CT molecular complexity index is 1380. The first kappa shape index (κ1) is 22.9. The Morgan fingerprint density at radius 2 is 1.71 bits per heavy atom. The molecule has 0 fully saturated rings. The predicted octanol–water partition coefficient (Wildman–Crippen LogP) is 6.03. The Morgan fingerprint density at radius 3 is 2.43 bits per heavy atom. The van der Waals surface area contributed by atoms with Crippen LogP contribution in [-0.4, -0.2) is 43.8 Å². The van der Waals surface area contributed by atoms with Crippen molar-refractivity contribution in [3.63, 3.8) is 0 Å². The van der Waals surface area contributed by atoms with Crippen molar-refractivity contribution in [1.29, 1.82) is 0 Å². The summed E-state index contributed by atoms with van der Waals surface area (Å²) >= 11 is 6.19. The van der Waals surface area contributed by atoms with Crippen molar-refractivity contribution in [3.05, 3.63) is 82.5 Å². The Kier molecular flexibility index (Phi) is 6.17. The van der Waals surface area contributed by atoms with Crippen LogP contribution in [0.2, 0.25) is 5.02 Å². The van der Waals surface area contributed by atoms with E-state index >= 15 is 0 Å². The molecule has 1 aliphatic heterocycles. The van der Waals surface area contributed by atoms with Crippen LogP contribution in [0.1, 0.15) is 22.9 Å². The second-order valence-corrected chi connectivity index (χ2v) is 8.76. The molecule has 0 radical (unpaired) electrons. The van der Waals surface area contributed by atoms with Crippen LogP contribution in [0, 0.1) is 0 Å². The number of rotatable bonds is 5. The van der Waals surface area contributed by atoms with Gasteiger partial charge in [-0.1, -0.05) is 23.7 Å². The Labute approximate surface area is 208 Å². The van der Waals surface area contributed by atoms with E-state index in [9.17, 15) is 4.79 Å². The number of fused-ring (bicyclic) bond motifs is 3. The van der Waals surface area contributed by atoms with Crippen molar-refractivity contribution in [2.75, 3.05) is 33.2 Å². The molecule has 2 amide bonds. The standard InChI is InChI=1S/C27H26ClN3O4/c1-33-18-7-4-16(5-8-18)26-25-20(21-15-19(34-2)9-10-22(21)29-25)12-13-31(26)27(32)30-23-14-17(28)6-11-24(23)35-3/h4-11,14-15,26,29H,12-13H2,1-3H3,(H,30,32). The van der Waals surface area contributed by atoms with Gasteiger partial charge >= 0.3 is 6.03 Å². The fraction of sp³-hybridized carbons (Fsp3) is 0.222. The van der Waals surface area contributed by atoms with Crippen molar-refractivity contribution < 1.29 is 19.0 Å². The molecule has 180 valence electrons. The first-order chi connectivity index (χ1) is 17.0. The van der Waals surface area contributed by atoms with E-state index in [0.29, 0.717) is 29.4 Å². The number of carbonyl (C=O) groups excluding carboxylic acids is 1. The van der Waals surface area contributed by atoms with E-state index in [1.54, 1.807) is 39.5 Å². The first-order valence-corrected chi connectivity index (χ1v) is 11.6. The maximum atomic E-state index is 13.6. The molecule has 1 unspecified atom stereocenters. The quantitative estimate of drug-likeness (QED) is 0.357. The number of ether oxygens (including phenoxy) is 3. The van der Waals surface area contributed by atoms with Crippen molar-refractivity contribution in [2.45, 2.75) is 12.5 Å². The maximum absolute atomic E-state index is 13.6. The van der Waals surface area contributed by atoms with Crippen LogP contribution in [0.15, 0.2) is 60.7 Å². The van der Waals surface area contributed by atoms with Crippen molar-refractivity contribution in [1.82, 2.24) is 9.88 Å². The van der Waals surface area contributed by atoms with Gasteiger partial charge < -0.3 is 29.4 Å². The van der Waals surface area contributed by atoms with Gasteiger partial charge in [0, 0.05) is 28.2 Å². The average molecular weight is 492 g/mol. The summed E-state index contributed by atoms with van der Waals surface area (Å²) in [5.74, 6) is 2.10. The number of H-pyrrole nitrogens is 1. The smallest absolute Gasteiger partial charge is 0.322 e. The van der Waals surface area contributed by atoms with Gasteiger partial charge in [0.1, 0.15) is 17.2 Å². The van der Waals surface area contributed by atoms with E-state index in [-0.39, 0.29) is 12.1 Å². The van der Waals surface area contributed by atoms with Gasteiger partial charge in [-0.15, -0.1) is 0 Å². The lowest BCUT2D eigenvalue weighted by Crippen LogP contribution is -2.43. The molecular weight excluding hydrogens is 466 g/mol.